The van der Waals surface area contributed by atoms with Crippen molar-refractivity contribution in [2.75, 3.05) is 14.2 Å². The van der Waals surface area contributed by atoms with Crippen molar-refractivity contribution in [1.82, 2.24) is 0 Å². The van der Waals surface area contributed by atoms with Crippen molar-refractivity contribution in [1.29, 1.82) is 0 Å². The van der Waals surface area contributed by atoms with Crippen LogP contribution in [-0.4, -0.2) is 31.8 Å². The lowest BCUT2D eigenvalue weighted by atomic mass is 10.0. The van der Waals surface area contributed by atoms with Gasteiger partial charge in [-0.25, -0.2) is 0 Å². The molecule has 0 unspecified atom stereocenters. The Bertz CT molecular complexity index is 885. The summed E-state index contributed by atoms with van der Waals surface area (Å²) in [5, 5.41) is 0. The van der Waals surface area contributed by atoms with Crippen LogP contribution in [0.2, 0.25) is 0 Å². The molecule has 0 amide bonds. The van der Waals surface area contributed by atoms with Crippen molar-refractivity contribution in [3.8, 4) is 11.5 Å². The Balaban J connectivity index is 1.96. The number of ether oxygens (including phenoxy) is 3. The van der Waals surface area contributed by atoms with E-state index < -0.39 is 5.97 Å². The number of rotatable bonds is 9. The van der Waals surface area contributed by atoms with Crippen LogP contribution in [0.5, 0.6) is 11.5 Å². The Hall–Kier alpha value is -3.15. The number of Topliss-reactive ketones (excluding diaryl/α,β-unsaturated/α-hetero) is 2. The number of methoxy groups -OCH3 is 2. The van der Waals surface area contributed by atoms with Crippen LogP contribution in [0.15, 0.2) is 36.4 Å². The molecule has 0 aromatic heterocycles. The summed E-state index contributed by atoms with van der Waals surface area (Å²) < 4.78 is 15.7. The minimum Gasteiger partial charge on any atom is -0.496 e. The van der Waals surface area contributed by atoms with Gasteiger partial charge in [0.15, 0.2) is 11.6 Å². The molecule has 28 heavy (non-hydrogen) atoms. The quantitative estimate of drug-likeness (QED) is 0.482. The maximum absolute atomic E-state index is 12.4. The fourth-order valence-electron chi connectivity index (χ4n) is 2.73. The first kappa shape index (κ1) is 21.2. The summed E-state index contributed by atoms with van der Waals surface area (Å²) in [4.78, 5) is 36.0. The molecular weight excluding hydrogens is 360 g/mol. The van der Waals surface area contributed by atoms with Gasteiger partial charge in [0.1, 0.15) is 18.1 Å². The second-order valence-electron chi connectivity index (χ2n) is 6.37. The van der Waals surface area contributed by atoms with Crippen LogP contribution in [0.25, 0.3) is 0 Å². The number of hydrogen-bond donors (Lipinski definition) is 0. The lowest BCUT2D eigenvalue weighted by molar-refractivity contribution is -0.144. The highest BCUT2D eigenvalue weighted by Gasteiger charge is 2.16. The summed E-state index contributed by atoms with van der Waals surface area (Å²) in [6, 6.07) is 10.3. The highest BCUT2D eigenvalue weighted by Crippen LogP contribution is 2.23. The van der Waals surface area contributed by atoms with Crippen LogP contribution >= 0.6 is 0 Å². The molecular formula is C22H24O6. The molecule has 0 saturated carbocycles. The molecule has 0 saturated heterocycles. The molecule has 0 fully saturated rings. The van der Waals surface area contributed by atoms with Crippen molar-refractivity contribution >= 4 is 17.5 Å². The second-order valence-corrected chi connectivity index (χ2v) is 6.37. The molecule has 0 aliphatic rings. The van der Waals surface area contributed by atoms with Gasteiger partial charge in [0.2, 0.25) is 0 Å². The van der Waals surface area contributed by atoms with E-state index in [0.29, 0.717) is 28.2 Å². The minimum atomic E-state index is -0.504. The Labute approximate surface area is 164 Å². The number of carbonyl (C=O) groups is 3. The van der Waals surface area contributed by atoms with Crippen molar-refractivity contribution in [2.24, 2.45) is 0 Å². The maximum Gasteiger partial charge on any atom is 0.306 e. The summed E-state index contributed by atoms with van der Waals surface area (Å²) in [6.45, 7) is 3.31. The van der Waals surface area contributed by atoms with Gasteiger partial charge < -0.3 is 14.2 Å². The van der Waals surface area contributed by atoms with Gasteiger partial charge in [0.05, 0.1) is 26.2 Å². The van der Waals surface area contributed by atoms with Crippen LogP contribution in [0.4, 0.5) is 0 Å². The lowest BCUT2D eigenvalue weighted by Gasteiger charge is -2.11. The van der Waals surface area contributed by atoms with Gasteiger partial charge in [0.25, 0.3) is 0 Å². The standard InChI is InChI=1S/C22H24O6/c1-14-5-8-21(27-4)18(11-14)19(24)7-10-22(25)28-13-17-12-16(15(2)23)6-9-20(17)26-3/h5-6,8-9,11-12H,7,10,13H2,1-4H3. The highest BCUT2D eigenvalue weighted by molar-refractivity contribution is 6.00. The van der Waals surface area contributed by atoms with E-state index in [-0.39, 0.29) is 31.0 Å². The normalized spacial score (nSPS) is 10.3. The molecule has 0 radical (unpaired) electrons. The average Bonchev–Trinajstić information content (AvgIpc) is 2.69. The predicted octanol–water partition coefficient (Wildman–Crippen LogP) is 3.92. The summed E-state index contributed by atoms with van der Waals surface area (Å²) in [5.74, 6) is 0.227. The monoisotopic (exact) mass is 384 g/mol. The van der Waals surface area contributed by atoms with Gasteiger partial charge in [-0.2, -0.15) is 0 Å². The molecule has 0 aliphatic carbocycles. The number of hydrogen-bond acceptors (Lipinski definition) is 6. The van der Waals surface area contributed by atoms with Crippen molar-refractivity contribution in [2.45, 2.75) is 33.3 Å². The Morgan fingerprint density at radius 1 is 0.893 bits per heavy atom. The first-order valence-electron chi connectivity index (χ1n) is 8.87. The Morgan fingerprint density at radius 2 is 1.57 bits per heavy atom. The van der Waals surface area contributed by atoms with E-state index in [1.165, 1.54) is 21.1 Å². The molecule has 6 nitrogen and oxygen atoms in total. The zero-order chi connectivity index (χ0) is 20.7. The Morgan fingerprint density at radius 3 is 2.21 bits per heavy atom. The topological polar surface area (TPSA) is 78.9 Å². The largest absolute Gasteiger partial charge is 0.496 e. The first-order chi connectivity index (χ1) is 13.3. The number of ketones is 2. The summed E-state index contributed by atoms with van der Waals surface area (Å²) in [6.07, 6.45) is -0.0338. The molecule has 0 atom stereocenters. The van der Waals surface area contributed by atoms with Gasteiger partial charge in [-0.3, -0.25) is 14.4 Å². The van der Waals surface area contributed by atoms with E-state index in [2.05, 4.69) is 0 Å². The zero-order valence-electron chi connectivity index (χ0n) is 16.5. The average molecular weight is 384 g/mol. The molecule has 6 heteroatoms. The van der Waals surface area contributed by atoms with Crippen LogP contribution in [-0.2, 0) is 16.1 Å². The summed E-state index contributed by atoms with van der Waals surface area (Å²) in [7, 11) is 3.00. The smallest absolute Gasteiger partial charge is 0.306 e. The number of carbonyl (C=O) groups excluding carboxylic acids is 3. The van der Waals surface area contributed by atoms with Gasteiger partial charge in [-0.05, 0) is 44.2 Å². The third-order valence-corrected chi connectivity index (χ3v) is 4.29. The van der Waals surface area contributed by atoms with Crippen molar-refractivity contribution in [3.05, 3.63) is 58.7 Å². The fraction of sp³-hybridized carbons (Fsp3) is 0.318. The summed E-state index contributed by atoms with van der Waals surface area (Å²) >= 11 is 0. The number of aryl methyl sites for hydroxylation is 1. The zero-order valence-corrected chi connectivity index (χ0v) is 16.5. The van der Waals surface area contributed by atoms with Crippen molar-refractivity contribution in [3.63, 3.8) is 0 Å². The van der Waals surface area contributed by atoms with E-state index >= 15 is 0 Å². The molecule has 0 heterocycles. The van der Waals surface area contributed by atoms with Crippen LogP contribution in [0, 0.1) is 6.92 Å². The SMILES string of the molecule is COc1ccc(C(C)=O)cc1COC(=O)CCC(=O)c1cc(C)ccc1OC. The number of esters is 1. The van der Waals surface area contributed by atoms with E-state index in [4.69, 9.17) is 14.2 Å². The molecule has 2 aromatic carbocycles. The Kier molecular flexibility index (Phi) is 7.32. The molecule has 0 N–H and O–H groups in total. The number of benzene rings is 2. The van der Waals surface area contributed by atoms with Gasteiger partial charge in [-0.15, -0.1) is 0 Å². The van der Waals surface area contributed by atoms with Crippen LogP contribution < -0.4 is 9.47 Å². The minimum absolute atomic E-state index is 0.0171. The highest BCUT2D eigenvalue weighted by atomic mass is 16.5. The molecule has 0 spiro atoms. The van der Waals surface area contributed by atoms with Crippen LogP contribution in [0.1, 0.15) is 51.6 Å². The molecule has 0 aliphatic heterocycles. The third-order valence-electron chi connectivity index (χ3n) is 4.29. The van der Waals surface area contributed by atoms with E-state index in [1.807, 2.05) is 13.0 Å². The molecule has 0 bridgehead atoms. The van der Waals surface area contributed by atoms with Crippen LogP contribution in [0.3, 0.4) is 0 Å². The molecule has 2 rings (SSSR count). The van der Waals surface area contributed by atoms with Gasteiger partial charge in [0, 0.05) is 17.5 Å². The summed E-state index contributed by atoms with van der Waals surface area (Å²) in [5.41, 5.74) is 2.49. The first-order valence-corrected chi connectivity index (χ1v) is 8.87. The molecule has 148 valence electrons. The van der Waals surface area contributed by atoms with E-state index in [9.17, 15) is 14.4 Å². The maximum atomic E-state index is 12.4. The van der Waals surface area contributed by atoms with Gasteiger partial charge in [-0.1, -0.05) is 11.6 Å². The lowest BCUT2D eigenvalue weighted by Crippen LogP contribution is -2.10. The van der Waals surface area contributed by atoms with Gasteiger partial charge >= 0.3 is 5.97 Å². The fourth-order valence-corrected chi connectivity index (χ4v) is 2.73. The van der Waals surface area contributed by atoms with E-state index in [0.717, 1.165) is 5.56 Å². The third kappa shape index (κ3) is 5.42. The van der Waals surface area contributed by atoms with Crippen molar-refractivity contribution < 1.29 is 28.6 Å². The second kappa shape index (κ2) is 9.69. The molecule has 2 aromatic rings. The van der Waals surface area contributed by atoms with E-state index in [1.54, 1.807) is 30.3 Å². The predicted molar refractivity (Wildman–Crippen MR) is 104 cm³/mol.